The molecular weight excluding hydrogens is 318 g/mol. The van der Waals surface area contributed by atoms with Gasteiger partial charge in [-0.05, 0) is 24.6 Å². The highest BCUT2D eigenvalue weighted by Gasteiger charge is 2.16. The van der Waals surface area contributed by atoms with E-state index in [1.165, 1.54) is 11.1 Å². The molecule has 0 radical (unpaired) electrons. The third kappa shape index (κ3) is 2.98. The molecule has 2 rings (SSSR count). The topological polar surface area (TPSA) is 30.3 Å². The van der Waals surface area contributed by atoms with Crippen molar-refractivity contribution in [3.8, 4) is 5.75 Å². The van der Waals surface area contributed by atoms with Gasteiger partial charge >= 0.3 is 0 Å². The zero-order valence-electron chi connectivity index (χ0n) is 12.4. The van der Waals surface area contributed by atoms with E-state index >= 15 is 0 Å². The molecule has 108 valence electrons. The number of hydrogen-bond acceptors (Lipinski definition) is 3. The van der Waals surface area contributed by atoms with E-state index in [1.54, 1.807) is 7.11 Å². The normalized spacial score (nSPS) is 10.7. The third-order valence-electron chi connectivity index (χ3n) is 3.39. The number of nitrogens with zero attached hydrogens (tertiary/aromatic N) is 3. The first-order valence-electron chi connectivity index (χ1n) is 6.49. The summed E-state index contributed by atoms with van der Waals surface area (Å²) in [7, 11) is 5.76. The molecule has 0 saturated carbocycles. The van der Waals surface area contributed by atoms with Crippen LogP contribution >= 0.6 is 15.9 Å². The van der Waals surface area contributed by atoms with E-state index < -0.39 is 0 Å². The molecule has 4 nitrogen and oxygen atoms in total. The number of benzene rings is 1. The van der Waals surface area contributed by atoms with E-state index in [0.717, 1.165) is 29.1 Å². The van der Waals surface area contributed by atoms with E-state index in [9.17, 15) is 0 Å². The largest absolute Gasteiger partial charge is 0.497 e. The number of ether oxygens (including phenoxy) is 1. The second-order valence-corrected chi connectivity index (χ2v) is 5.41. The van der Waals surface area contributed by atoms with Crippen LogP contribution in [-0.2, 0) is 18.9 Å². The fraction of sp³-hybridized carbons (Fsp3) is 0.400. The summed E-state index contributed by atoms with van der Waals surface area (Å²) in [4.78, 5) is 2.22. The van der Waals surface area contributed by atoms with Gasteiger partial charge in [0.15, 0.2) is 0 Å². The van der Waals surface area contributed by atoms with Crippen LogP contribution < -0.4 is 9.64 Å². The molecule has 0 aliphatic carbocycles. The van der Waals surface area contributed by atoms with Gasteiger partial charge in [-0.25, -0.2) is 0 Å². The fourth-order valence-corrected chi connectivity index (χ4v) is 3.06. The summed E-state index contributed by atoms with van der Waals surface area (Å²) in [6.07, 6.45) is 0. The van der Waals surface area contributed by atoms with Crippen molar-refractivity contribution in [3.63, 3.8) is 0 Å². The summed E-state index contributed by atoms with van der Waals surface area (Å²) in [5.41, 5.74) is 3.55. The zero-order valence-corrected chi connectivity index (χ0v) is 13.9. The average molecular weight is 338 g/mol. The lowest BCUT2D eigenvalue weighted by Gasteiger charge is -2.21. The van der Waals surface area contributed by atoms with Crippen LogP contribution in [0.25, 0.3) is 0 Å². The first-order valence-corrected chi connectivity index (χ1v) is 7.61. The number of rotatable bonds is 5. The summed E-state index contributed by atoms with van der Waals surface area (Å²) < 4.78 is 7.12. The van der Waals surface area contributed by atoms with Crippen molar-refractivity contribution in [2.24, 2.45) is 7.05 Å². The molecule has 0 N–H and O–H groups in total. The molecule has 5 heteroatoms. The van der Waals surface area contributed by atoms with Gasteiger partial charge in [0.2, 0.25) is 0 Å². The Morgan fingerprint density at radius 1 is 1.30 bits per heavy atom. The van der Waals surface area contributed by atoms with E-state index in [1.807, 2.05) is 30.8 Å². The predicted octanol–water partition coefficient (Wildman–Crippen LogP) is 3.27. The summed E-state index contributed by atoms with van der Waals surface area (Å²) in [5.74, 6) is 2.03. The lowest BCUT2D eigenvalue weighted by atomic mass is 10.2. The lowest BCUT2D eigenvalue weighted by molar-refractivity contribution is 0.414. The van der Waals surface area contributed by atoms with Crippen LogP contribution in [0.5, 0.6) is 5.75 Å². The van der Waals surface area contributed by atoms with Gasteiger partial charge in [-0.3, -0.25) is 4.68 Å². The highest BCUT2D eigenvalue weighted by Crippen LogP contribution is 2.26. The molecule has 0 amide bonds. The molecule has 2 aromatic rings. The minimum Gasteiger partial charge on any atom is -0.497 e. The summed E-state index contributed by atoms with van der Waals surface area (Å²) in [6.45, 7) is 2.88. The van der Waals surface area contributed by atoms with Crippen molar-refractivity contribution in [2.75, 3.05) is 19.1 Å². The summed E-state index contributed by atoms with van der Waals surface area (Å²) >= 11 is 3.55. The molecule has 0 bridgehead atoms. The number of aryl methyl sites for hydroxylation is 2. The van der Waals surface area contributed by atoms with E-state index in [-0.39, 0.29) is 0 Å². The molecule has 0 aliphatic rings. The Morgan fingerprint density at radius 3 is 2.50 bits per heavy atom. The van der Waals surface area contributed by atoms with Gasteiger partial charge in [-0.2, -0.15) is 5.10 Å². The van der Waals surface area contributed by atoms with Crippen molar-refractivity contribution in [2.45, 2.75) is 18.8 Å². The van der Waals surface area contributed by atoms with Crippen LogP contribution in [0.4, 0.5) is 5.82 Å². The van der Waals surface area contributed by atoms with Gasteiger partial charge in [0, 0.05) is 31.5 Å². The van der Waals surface area contributed by atoms with Gasteiger partial charge < -0.3 is 9.64 Å². The Bertz CT molecular complexity index is 578. The van der Waals surface area contributed by atoms with Crippen LogP contribution in [-0.4, -0.2) is 23.9 Å². The van der Waals surface area contributed by atoms with Crippen LogP contribution in [0, 0.1) is 6.92 Å². The van der Waals surface area contributed by atoms with Gasteiger partial charge in [0.1, 0.15) is 11.6 Å². The maximum atomic E-state index is 5.18. The highest BCUT2D eigenvalue weighted by atomic mass is 79.9. The van der Waals surface area contributed by atoms with Crippen molar-refractivity contribution in [1.82, 2.24) is 9.78 Å². The second-order valence-electron chi connectivity index (χ2n) is 4.85. The number of alkyl halides is 1. The van der Waals surface area contributed by atoms with Crippen LogP contribution in [0.3, 0.4) is 0 Å². The van der Waals surface area contributed by atoms with Crippen LogP contribution in [0.2, 0.25) is 0 Å². The zero-order chi connectivity index (χ0) is 14.7. The molecule has 1 aromatic heterocycles. The maximum absolute atomic E-state index is 5.18. The van der Waals surface area contributed by atoms with Crippen molar-refractivity contribution in [3.05, 3.63) is 41.1 Å². The number of halogens is 1. The maximum Gasteiger partial charge on any atom is 0.130 e. The molecule has 1 aromatic carbocycles. The Hall–Kier alpha value is -1.49. The first kappa shape index (κ1) is 14.9. The van der Waals surface area contributed by atoms with E-state index in [2.05, 4.69) is 45.1 Å². The number of aromatic nitrogens is 2. The molecule has 0 fully saturated rings. The molecule has 0 atom stereocenters. The first-order chi connectivity index (χ1) is 9.56. The highest BCUT2D eigenvalue weighted by molar-refractivity contribution is 9.08. The fourth-order valence-electron chi connectivity index (χ4n) is 2.40. The molecule has 1 heterocycles. The third-order valence-corrected chi connectivity index (χ3v) is 3.95. The minimum absolute atomic E-state index is 0.814. The van der Waals surface area contributed by atoms with Crippen molar-refractivity contribution in [1.29, 1.82) is 0 Å². The predicted molar refractivity (Wildman–Crippen MR) is 85.7 cm³/mol. The Labute approximate surface area is 128 Å². The van der Waals surface area contributed by atoms with Crippen molar-refractivity contribution >= 4 is 21.7 Å². The minimum atomic E-state index is 0.814. The summed E-state index contributed by atoms with van der Waals surface area (Å²) in [5, 5.41) is 5.31. The van der Waals surface area contributed by atoms with E-state index in [4.69, 9.17) is 4.74 Å². The van der Waals surface area contributed by atoms with E-state index in [0.29, 0.717) is 0 Å². The molecule has 0 aliphatic heterocycles. The standard InChI is InChI=1S/C15H20BrN3O/c1-11-14(9-16)15(19(3)17-11)18(2)10-12-5-7-13(20-4)8-6-12/h5-8H,9-10H2,1-4H3. The number of methoxy groups -OCH3 is 1. The molecule has 20 heavy (non-hydrogen) atoms. The summed E-state index contributed by atoms with van der Waals surface area (Å²) in [6, 6.07) is 8.16. The van der Waals surface area contributed by atoms with Crippen molar-refractivity contribution < 1.29 is 4.74 Å². The number of anilines is 1. The second kappa shape index (κ2) is 6.31. The Kier molecular flexibility index (Phi) is 4.70. The monoisotopic (exact) mass is 337 g/mol. The average Bonchev–Trinajstić information content (AvgIpc) is 2.73. The number of hydrogen-bond donors (Lipinski definition) is 0. The smallest absolute Gasteiger partial charge is 0.130 e. The lowest BCUT2D eigenvalue weighted by Crippen LogP contribution is -2.20. The van der Waals surface area contributed by atoms with Gasteiger partial charge in [0.25, 0.3) is 0 Å². The molecule has 0 unspecified atom stereocenters. The molecular formula is C15H20BrN3O. The molecule has 0 spiro atoms. The van der Waals surface area contributed by atoms with Gasteiger partial charge in [-0.15, -0.1) is 0 Å². The Balaban J connectivity index is 2.21. The van der Waals surface area contributed by atoms with Crippen LogP contribution in [0.1, 0.15) is 16.8 Å². The quantitative estimate of drug-likeness (QED) is 0.784. The van der Waals surface area contributed by atoms with Gasteiger partial charge in [-0.1, -0.05) is 28.1 Å². The SMILES string of the molecule is COc1ccc(CN(C)c2c(CBr)c(C)nn2C)cc1. The Morgan fingerprint density at radius 2 is 1.95 bits per heavy atom. The molecule has 0 saturated heterocycles. The van der Waals surface area contributed by atoms with Crippen LogP contribution in [0.15, 0.2) is 24.3 Å². The van der Waals surface area contributed by atoms with Gasteiger partial charge in [0.05, 0.1) is 12.8 Å².